The topological polar surface area (TPSA) is 89.5 Å². The molecule has 0 N–H and O–H groups in total. The Morgan fingerprint density at radius 1 is 0.594 bits per heavy atom. The summed E-state index contributed by atoms with van der Waals surface area (Å²) < 4.78 is 31.9. The second-order valence-corrected chi connectivity index (χ2v) is 7.54. The standard InChI is InChI=1S/C24H46O8/c1-4-7-9-11-23(25)31-20-18-29-16-14-27-12-13-28-15-17-30-19-21-32-24(26)22(6-3)10-8-5-2/h22H,4-21H2,1-3H3. The lowest BCUT2D eigenvalue weighted by Gasteiger charge is -2.13. The van der Waals surface area contributed by atoms with Gasteiger partial charge in [0, 0.05) is 6.42 Å². The van der Waals surface area contributed by atoms with Gasteiger partial charge in [-0.05, 0) is 19.3 Å². The quantitative estimate of drug-likeness (QED) is 0.157. The number of rotatable bonds is 24. The predicted octanol–water partition coefficient (Wildman–Crippen LogP) is 3.94. The Balaban J connectivity index is 3.28. The van der Waals surface area contributed by atoms with Gasteiger partial charge in [0.25, 0.3) is 0 Å². The van der Waals surface area contributed by atoms with E-state index in [0.717, 1.165) is 44.9 Å². The smallest absolute Gasteiger partial charge is 0.308 e. The average Bonchev–Trinajstić information content (AvgIpc) is 2.79. The fourth-order valence-corrected chi connectivity index (χ4v) is 2.83. The Labute approximate surface area is 194 Å². The van der Waals surface area contributed by atoms with Crippen LogP contribution in [0.5, 0.6) is 0 Å². The van der Waals surface area contributed by atoms with Gasteiger partial charge in [0.1, 0.15) is 13.2 Å². The Morgan fingerprint density at radius 3 is 1.53 bits per heavy atom. The third-order valence-corrected chi connectivity index (χ3v) is 4.80. The van der Waals surface area contributed by atoms with E-state index in [-0.39, 0.29) is 31.1 Å². The minimum atomic E-state index is -0.159. The molecule has 0 saturated carbocycles. The molecule has 0 rings (SSSR count). The first-order chi connectivity index (χ1) is 15.7. The fourth-order valence-electron chi connectivity index (χ4n) is 2.83. The van der Waals surface area contributed by atoms with Crippen molar-refractivity contribution in [1.29, 1.82) is 0 Å². The SMILES string of the molecule is CCCCCC(=O)OCCOCCOCCOCCOCCOC(=O)C(CC)CCCC. The van der Waals surface area contributed by atoms with Gasteiger partial charge >= 0.3 is 11.9 Å². The van der Waals surface area contributed by atoms with E-state index >= 15 is 0 Å². The third kappa shape index (κ3) is 20.7. The van der Waals surface area contributed by atoms with Gasteiger partial charge in [-0.1, -0.05) is 46.5 Å². The van der Waals surface area contributed by atoms with Crippen LogP contribution in [-0.2, 0) is 38.0 Å². The van der Waals surface area contributed by atoms with E-state index in [1.165, 1.54) is 0 Å². The number of carbonyl (C=O) groups excluding carboxylic acids is 2. The number of hydrogen-bond acceptors (Lipinski definition) is 8. The minimum absolute atomic E-state index is 0.00142. The van der Waals surface area contributed by atoms with Gasteiger partial charge in [-0.15, -0.1) is 0 Å². The number of unbranched alkanes of at least 4 members (excludes halogenated alkanes) is 3. The normalized spacial score (nSPS) is 12.0. The molecule has 0 heterocycles. The number of ether oxygens (including phenoxy) is 6. The second-order valence-electron chi connectivity index (χ2n) is 7.54. The highest BCUT2D eigenvalue weighted by molar-refractivity contribution is 5.72. The van der Waals surface area contributed by atoms with Crippen molar-refractivity contribution >= 4 is 11.9 Å². The van der Waals surface area contributed by atoms with E-state index in [9.17, 15) is 9.59 Å². The van der Waals surface area contributed by atoms with Crippen molar-refractivity contribution in [3.05, 3.63) is 0 Å². The monoisotopic (exact) mass is 462 g/mol. The van der Waals surface area contributed by atoms with E-state index < -0.39 is 0 Å². The molecule has 0 aliphatic rings. The van der Waals surface area contributed by atoms with Crippen molar-refractivity contribution in [1.82, 2.24) is 0 Å². The molecule has 0 fully saturated rings. The maximum absolute atomic E-state index is 11.9. The summed E-state index contributed by atoms with van der Waals surface area (Å²) in [5, 5.41) is 0. The lowest BCUT2D eigenvalue weighted by Crippen LogP contribution is -2.20. The maximum atomic E-state index is 11.9. The van der Waals surface area contributed by atoms with Crippen molar-refractivity contribution < 1.29 is 38.0 Å². The Bertz CT molecular complexity index is 430. The molecule has 0 amide bonds. The summed E-state index contributed by atoms with van der Waals surface area (Å²) in [4.78, 5) is 23.3. The first-order valence-electron chi connectivity index (χ1n) is 12.3. The Morgan fingerprint density at radius 2 is 1.06 bits per heavy atom. The van der Waals surface area contributed by atoms with Gasteiger partial charge < -0.3 is 28.4 Å². The molecule has 0 aromatic carbocycles. The molecule has 0 aromatic rings. The van der Waals surface area contributed by atoms with Crippen molar-refractivity contribution in [2.45, 2.75) is 72.1 Å². The molecule has 0 bridgehead atoms. The summed E-state index contributed by atoms with van der Waals surface area (Å²) >= 11 is 0. The summed E-state index contributed by atoms with van der Waals surface area (Å²) in [7, 11) is 0. The van der Waals surface area contributed by atoms with Crippen LogP contribution >= 0.6 is 0 Å². The predicted molar refractivity (Wildman–Crippen MR) is 123 cm³/mol. The molecular formula is C24H46O8. The average molecular weight is 463 g/mol. The molecule has 8 heteroatoms. The highest BCUT2D eigenvalue weighted by Gasteiger charge is 2.16. The van der Waals surface area contributed by atoms with E-state index in [2.05, 4.69) is 13.8 Å². The summed E-state index contributed by atoms with van der Waals surface area (Å²) in [6.07, 6.45) is 7.35. The van der Waals surface area contributed by atoms with Gasteiger partial charge in [0.2, 0.25) is 0 Å². The first kappa shape index (κ1) is 30.8. The van der Waals surface area contributed by atoms with Crippen LogP contribution in [0, 0.1) is 5.92 Å². The minimum Gasteiger partial charge on any atom is -0.463 e. The fraction of sp³-hybridized carbons (Fsp3) is 0.917. The van der Waals surface area contributed by atoms with E-state index in [1.807, 2.05) is 6.92 Å². The van der Waals surface area contributed by atoms with Crippen LogP contribution in [-0.4, -0.2) is 78.0 Å². The Hall–Kier alpha value is -1.22. The number of hydrogen-bond donors (Lipinski definition) is 0. The van der Waals surface area contributed by atoms with Crippen LogP contribution in [0.2, 0.25) is 0 Å². The summed E-state index contributed by atoms with van der Waals surface area (Å²) in [6.45, 7) is 10.3. The summed E-state index contributed by atoms with van der Waals surface area (Å²) in [5.41, 5.74) is 0. The molecule has 1 atom stereocenters. The van der Waals surface area contributed by atoms with Crippen LogP contribution in [0.25, 0.3) is 0 Å². The molecular weight excluding hydrogens is 416 g/mol. The molecule has 0 spiro atoms. The molecule has 32 heavy (non-hydrogen) atoms. The van der Waals surface area contributed by atoms with Crippen LogP contribution in [0.15, 0.2) is 0 Å². The maximum Gasteiger partial charge on any atom is 0.308 e. The van der Waals surface area contributed by atoms with Crippen molar-refractivity contribution in [3.63, 3.8) is 0 Å². The van der Waals surface area contributed by atoms with E-state index in [4.69, 9.17) is 28.4 Å². The van der Waals surface area contributed by atoms with E-state index in [0.29, 0.717) is 59.3 Å². The van der Waals surface area contributed by atoms with Crippen LogP contribution in [0.4, 0.5) is 0 Å². The summed E-state index contributed by atoms with van der Waals surface area (Å²) in [6, 6.07) is 0. The number of esters is 2. The molecule has 1 unspecified atom stereocenters. The van der Waals surface area contributed by atoms with E-state index in [1.54, 1.807) is 0 Å². The number of carbonyl (C=O) groups is 2. The lowest BCUT2D eigenvalue weighted by molar-refractivity contribution is -0.150. The highest BCUT2D eigenvalue weighted by atomic mass is 16.6. The summed E-state index contributed by atoms with van der Waals surface area (Å²) in [5.74, 6) is -0.278. The van der Waals surface area contributed by atoms with Gasteiger partial charge in [0.05, 0.1) is 58.8 Å². The van der Waals surface area contributed by atoms with Crippen molar-refractivity contribution in [2.75, 3.05) is 66.1 Å². The molecule has 0 aliphatic carbocycles. The van der Waals surface area contributed by atoms with Crippen molar-refractivity contribution in [3.8, 4) is 0 Å². The van der Waals surface area contributed by atoms with Gasteiger partial charge in [-0.25, -0.2) is 0 Å². The van der Waals surface area contributed by atoms with Gasteiger partial charge in [-0.3, -0.25) is 9.59 Å². The first-order valence-corrected chi connectivity index (χ1v) is 12.3. The molecule has 0 aliphatic heterocycles. The van der Waals surface area contributed by atoms with Gasteiger partial charge in [-0.2, -0.15) is 0 Å². The molecule has 8 nitrogen and oxygen atoms in total. The third-order valence-electron chi connectivity index (χ3n) is 4.80. The van der Waals surface area contributed by atoms with Gasteiger partial charge in [0.15, 0.2) is 0 Å². The zero-order valence-corrected chi connectivity index (χ0v) is 20.6. The van der Waals surface area contributed by atoms with Crippen molar-refractivity contribution in [2.24, 2.45) is 5.92 Å². The Kier molecular flexibility index (Phi) is 23.5. The molecule has 0 saturated heterocycles. The highest BCUT2D eigenvalue weighted by Crippen LogP contribution is 2.14. The van der Waals surface area contributed by atoms with Crippen LogP contribution in [0.1, 0.15) is 72.1 Å². The van der Waals surface area contributed by atoms with Crippen LogP contribution in [0.3, 0.4) is 0 Å². The molecule has 0 aromatic heterocycles. The largest absolute Gasteiger partial charge is 0.463 e. The second kappa shape index (κ2) is 24.4. The lowest BCUT2D eigenvalue weighted by atomic mass is 10.00. The molecule has 0 radical (unpaired) electrons. The zero-order chi connectivity index (χ0) is 23.7. The van der Waals surface area contributed by atoms with Crippen LogP contribution < -0.4 is 0 Å². The molecule has 190 valence electrons. The zero-order valence-electron chi connectivity index (χ0n) is 20.6.